The van der Waals surface area contributed by atoms with Crippen molar-refractivity contribution >= 4 is 0 Å². The first-order chi connectivity index (χ1) is 9.32. The van der Waals surface area contributed by atoms with Crippen LogP contribution in [0, 0.1) is 0 Å². The molecule has 0 radical (unpaired) electrons. The average Bonchev–Trinajstić information content (AvgIpc) is 3.10. The van der Waals surface area contributed by atoms with Gasteiger partial charge in [-0.3, -0.25) is 4.98 Å². The van der Waals surface area contributed by atoms with Gasteiger partial charge in [-0.15, -0.1) is 10.2 Å². The van der Waals surface area contributed by atoms with Crippen LogP contribution in [0.2, 0.25) is 0 Å². The third kappa shape index (κ3) is 2.35. The van der Waals surface area contributed by atoms with E-state index in [4.69, 9.17) is 9.47 Å². The number of ether oxygens (including phenoxy) is 2. The van der Waals surface area contributed by atoms with Crippen molar-refractivity contribution < 1.29 is 14.6 Å². The second-order valence-corrected chi connectivity index (χ2v) is 4.34. The lowest BCUT2D eigenvalue weighted by molar-refractivity contribution is -0.192. The Morgan fingerprint density at radius 1 is 1.37 bits per heavy atom. The minimum atomic E-state index is -1.00. The Balaban J connectivity index is 1.92. The summed E-state index contributed by atoms with van der Waals surface area (Å²) in [5.74, 6) is -1.00. The van der Waals surface area contributed by atoms with E-state index in [1.165, 1.54) is 0 Å². The molecule has 3 heterocycles. The molecule has 1 aliphatic rings. The van der Waals surface area contributed by atoms with E-state index >= 15 is 0 Å². The van der Waals surface area contributed by atoms with Gasteiger partial charge in [0, 0.05) is 6.20 Å². The van der Waals surface area contributed by atoms with Crippen LogP contribution in [0.3, 0.4) is 0 Å². The van der Waals surface area contributed by atoms with Crippen LogP contribution in [0.4, 0.5) is 0 Å². The fraction of sp³-hybridized carbons (Fsp3) is 0.417. The summed E-state index contributed by atoms with van der Waals surface area (Å²) in [4.78, 5) is 4.30. The maximum absolute atomic E-state index is 9.21. The van der Waals surface area contributed by atoms with Gasteiger partial charge < -0.3 is 19.1 Å². The van der Waals surface area contributed by atoms with Crippen LogP contribution >= 0.6 is 0 Å². The van der Waals surface area contributed by atoms with Crippen molar-refractivity contribution in [3.8, 4) is 0 Å². The topological polar surface area (TPSA) is 82.3 Å². The summed E-state index contributed by atoms with van der Waals surface area (Å²) >= 11 is 0. The molecule has 7 nitrogen and oxygen atoms in total. The molecule has 0 aromatic carbocycles. The van der Waals surface area contributed by atoms with Crippen molar-refractivity contribution in [2.45, 2.75) is 18.4 Å². The predicted octanol–water partition coefficient (Wildman–Crippen LogP) is -0.0662. The molecule has 3 rings (SSSR count). The van der Waals surface area contributed by atoms with Gasteiger partial charge in [-0.2, -0.15) is 0 Å². The number of aromatic nitrogens is 4. The van der Waals surface area contributed by atoms with Gasteiger partial charge in [0.05, 0.1) is 19.8 Å². The second-order valence-electron chi connectivity index (χ2n) is 4.34. The summed E-state index contributed by atoms with van der Waals surface area (Å²) < 4.78 is 13.4. The molecule has 100 valence electrons. The van der Waals surface area contributed by atoms with Gasteiger partial charge >= 0.3 is 0 Å². The van der Waals surface area contributed by atoms with E-state index in [0.29, 0.717) is 18.8 Å². The van der Waals surface area contributed by atoms with E-state index < -0.39 is 5.79 Å². The van der Waals surface area contributed by atoms with Gasteiger partial charge in [0.15, 0.2) is 0 Å². The number of rotatable bonds is 4. The predicted molar refractivity (Wildman–Crippen MR) is 63.8 cm³/mol. The number of pyridine rings is 1. The molecular weight excluding hydrogens is 248 g/mol. The van der Waals surface area contributed by atoms with E-state index in [2.05, 4.69) is 15.2 Å². The summed E-state index contributed by atoms with van der Waals surface area (Å²) in [6, 6.07) is 5.54. The van der Waals surface area contributed by atoms with Crippen molar-refractivity contribution in [3.05, 3.63) is 42.7 Å². The molecule has 1 fully saturated rings. The van der Waals surface area contributed by atoms with Gasteiger partial charge in [0.25, 0.3) is 0 Å². The Morgan fingerprint density at radius 2 is 2.21 bits per heavy atom. The lowest BCUT2D eigenvalue weighted by Gasteiger charge is -2.27. The summed E-state index contributed by atoms with van der Waals surface area (Å²) in [6.07, 6.45) is 4.51. The highest BCUT2D eigenvalue weighted by Crippen LogP contribution is 2.34. The van der Waals surface area contributed by atoms with Crippen molar-refractivity contribution in [2.75, 3.05) is 13.2 Å². The third-order valence-corrected chi connectivity index (χ3v) is 2.98. The van der Waals surface area contributed by atoms with Gasteiger partial charge in [-0.25, -0.2) is 0 Å². The smallest absolute Gasteiger partial charge is 0.231 e. The molecule has 1 N–H and O–H groups in total. The fourth-order valence-corrected chi connectivity index (χ4v) is 2.09. The normalized spacial score (nSPS) is 26.7. The van der Waals surface area contributed by atoms with Crippen molar-refractivity contribution in [2.24, 2.45) is 0 Å². The Kier molecular flexibility index (Phi) is 3.24. The lowest BCUT2D eigenvalue weighted by atomic mass is 10.1. The highest BCUT2D eigenvalue weighted by molar-refractivity contribution is 5.11. The van der Waals surface area contributed by atoms with Crippen molar-refractivity contribution in [1.29, 1.82) is 0 Å². The molecule has 0 unspecified atom stereocenters. The zero-order valence-electron chi connectivity index (χ0n) is 10.2. The lowest BCUT2D eigenvalue weighted by Crippen LogP contribution is -2.34. The number of hydrogen-bond donors (Lipinski definition) is 1. The molecule has 2 aromatic heterocycles. The SMILES string of the molecule is OC[C@@H]1CO[C@@](Cn2cnnc2)(c2ccccn2)O1. The molecule has 0 aliphatic carbocycles. The molecule has 0 spiro atoms. The Morgan fingerprint density at radius 3 is 2.84 bits per heavy atom. The van der Waals surface area contributed by atoms with Gasteiger partial charge in [-0.05, 0) is 12.1 Å². The molecular formula is C12H14N4O3. The van der Waals surface area contributed by atoms with Crippen LogP contribution in [0.5, 0.6) is 0 Å². The third-order valence-electron chi connectivity index (χ3n) is 2.98. The molecule has 0 bridgehead atoms. The largest absolute Gasteiger partial charge is 0.394 e. The summed E-state index contributed by atoms with van der Waals surface area (Å²) in [7, 11) is 0. The fourth-order valence-electron chi connectivity index (χ4n) is 2.09. The Hall–Kier alpha value is -1.83. The summed E-state index contributed by atoms with van der Waals surface area (Å²) in [5.41, 5.74) is 0.666. The Bertz CT molecular complexity index is 519. The Labute approximate surface area is 109 Å². The highest BCUT2D eigenvalue weighted by Gasteiger charge is 2.44. The molecule has 1 saturated heterocycles. The van der Waals surface area contributed by atoms with E-state index in [1.807, 2.05) is 18.2 Å². The van der Waals surface area contributed by atoms with E-state index in [1.54, 1.807) is 23.4 Å². The minimum Gasteiger partial charge on any atom is -0.394 e. The molecule has 1 aliphatic heterocycles. The molecule has 2 atom stereocenters. The summed E-state index contributed by atoms with van der Waals surface area (Å²) in [5, 5.41) is 16.7. The zero-order chi connectivity index (χ0) is 13.1. The van der Waals surface area contributed by atoms with E-state index in [-0.39, 0.29) is 12.7 Å². The minimum absolute atomic E-state index is 0.0865. The number of aliphatic hydroxyl groups excluding tert-OH is 1. The van der Waals surface area contributed by atoms with Gasteiger partial charge in [-0.1, -0.05) is 6.07 Å². The first-order valence-electron chi connectivity index (χ1n) is 5.99. The standard InChI is InChI=1S/C12H14N4O3/c17-5-10-6-18-12(19-10,7-16-8-14-15-9-16)11-3-1-2-4-13-11/h1-4,8-10,17H,5-7H2/t10-,12-/m1/s1. The molecule has 2 aromatic rings. The highest BCUT2D eigenvalue weighted by atomic mass is 16.7. The molecule has 19 heavy (non-hydrogen) atoms. The average molecular weight is 262 g/mol. The molecule has 0 amide bonds. The molecule has 7 heteroatoms. The second kappa shape index (κ2) is 5.04. The zero-order valence-corrected chi connectivity index (χ0v) is 10.2. The number of hydrogen-bond acceptors (Lipinski definition) is 6. The van der Waals surface area contributed by atoms with Crippen LogP contribution in [-0.4, -0.2) is 44.2 Å². The van der Waals surface area contributed by atoms with Crippen LogP contribution in [-0.2, 0) is 21.8 Å². The summed E-state index contributed by atoms with van der Waals surface area (Å²) in [6.45, 7) is 0.624. The molecule has 0 saturated carbocycles. The number of aliphatic hydroxyl groups is 1. The van der Waals surface area contributed by atoms with Crippen LogP contribution in [0.1, 0.15) is 5.69 Å². The first kappa shape index (κ1) is 12.2. The maximum Gasteiger partial charge on any atom is 0.231 e. The van der Waals surface area contributed by atoms with Crippen LogP contribution in [0.15, 0.2) is 37.1 Å². The van der Waals surface area contributed by atoms with E-state index in [9.17, 15) is 5.11 Å². The van der Waals surface area contributed by atoms with Crippen molar-refractivity contribution in [1.82, 2.24) is 19.7 Å². The van der Waals surface area contributed by atoms with Crippen molar-refractivity contribution in [3.63, 3.8) is 0 Å². The number of nitrogens with zero attached hydrogens (tertiary/aromatic N) is 4. The van der Waals surface area contributed by atoms with Crippen LogP contribution < -0.4 is 0 Å². The first-order valence-corrected chi connectivity index (χ1v) is 5.99. The maximum atomic E-state index is 9.21. The van der Waals surface area contributed by atoms with Crippen LogP contribution in [0.25, 0.3) is 0 Å². The monoisotopic (exact) mass is 262 g/mol. The van der Waals surface area contributed by atoms with Gasteiger partial charge in [0.2, 0.25) is 5.79 Å². The quantitative estimate of drug-likeness (QED) is 0.830. The van der Waals surface area contributed by atoms with E-state index in [0.717, 1.165) is 0 Å². The van der Waals surface area contributed by atoms with Gasteiger partial charge in [0.1, 0.15) is 24.5 Å².